The van der Waals surface area contributed by atoms with Crippen molar-refractivity contribution in [1.29, 1.82) is 0 Å². The predicted molar refractivity (Wildman–Crippen MR) is 66.9 cm³/mol. The van der Waals surface area contributed by atoms with Gasteiger partial charge in [0.2, 0.25) is 0 Å². The molecular formula is C10H4Cl2N2OS. The van der Waals surface area contributed by atoms with Crippen molar-refractivity contribution in [1.82, 2.24) is 9.38 Å². The smallest absolute Gasteiger partial charge is 0.267 e. The van der Waals surface area contributed by atoms with Gasteiger partial charge in [0.25, 0.3) is 5.56 Å². The van der Waals surface area contributed by atoms with Crippen molar-refractivity contribution in [2.75, 3.05) is 0 Å². The Labute approximate surface area is 104 Å². The number of nitrogens with zero attached hydrogens (tertiary/aromatic N) is 2. The van der Waals surface area contributed by atoms with Gasteiger partial charge in [0.1, 0.15) is 4.34 Å². The number of fused-ring (bicyclic) bond motifs is 2. The van der Waals surface area contributed by atoms with Crippen LogP contribution in [0.2, 0.25) is 9.36 Å². The van der Waals surface area contributed by atoms with Crippen LogP contribution in [-0.4, -0.2) is 9.38 Å². The first-order valence-corrected chi connectivity index (χ1v) is 6.00. The minimum Gasteiger partial charge on any atom is -0.268 e. The molecule has 0 aliphatic carbocycles. The SMILES string of the molecule is O=c1c2c(Cl)cccc2nc2sc(Cl)cn12. The summed E-state index contributed by atoms with van der Waals surface area (Å²) in [5.74, 6) is 0. The summed E-state index contributed by atoms with van der Waals surface area (Å²) in [7, 11) is 0. The van der Waals surface area contributed by atoms with Crippen LogP contribution in [0, 0.1) is 0 Å². The van der Waals surface area contributed by atoms with E-state index in [1.807, 2.05) is 0 Å². The molecule has 1 aromatic carbocycles. The molecule has 2 aromatic heterocycles. The number of halogens is 2. The highest BCUT2D eigenvalue weighted by molar-refractivity contribution is 7.20. The molecule has 0 aliphatic heterocycles. The van der Waals surface area contributed by atoms with E-state index in [9.17, 15) is 4.79 Å². The summed E-state index contributed by atoms with van der Waals surface area (Å²) in [6.45, 7) is 0. The van der Waals surface area contributed by atoms with E-state index in [1.165, 1.54) is 15.7 Å². The van der Waals surface area contributed by atoms with E-state index < -0.39 is 0 Å². The fraction of sp³-hybridized carbons (Fsp3) is 0. The van der Waals surface area contributed by atoms with Crippen molar-refractivity contribution in [2.24, 2.45) is 0 Å². The molecule has 0 spiro atoms. The molecule has 6 heteroatoms. The maximum atomic E-state index is 12.1. The number of aromatic nitrogens is 2. The molecule has 0 saturated carbocycles. The average molecular weight is 271 g/mol. The van der Waals surface area contributed by atoms with Crippen LogP contribution in [-0.2, 0) is 0 Å². The molecule has 80 valence electrons. The van der Waals surface area contributed by atoms with Gasteiger partial charge in [-0.15, -0.1) is 0 Å². The van der Waals surface area contributed by atoms with Crippen molar-refractivity contribution in [3.05, 3.63) is 44.1 Å². The second kappa shape index (κ2) is 3.45. The third kappa shape index (κ3) is 1.34. The van der Waals surface area contributed by atoms with E-state index in [2.05, 4.69) is 4.98 Å². The fourth-order valence-electron chi connectivity index (χ4n) is 1.58. The molecule has 3 rings (SSSR count). The van der Waals surface area contributed by atoms with Gasteiger partial charge in [-0.25, -0.2) is 4.98 Å². The Kier molecular flexibility index (Phi) is 2.17. The van der Waals surface area contributed by atoms with Crippen molar-refractivity contribution in [3.8, 4) is 0 Å². The zero-order chi connectivity index (χ0) is 11.3. The molecule has 3 nitrogen and oxygen atoms in total. The lowest BCUT2D eigenvalue weighted by atomic mass is 10.2. The largest absolute Gasteiger partial charge is 0.268 e. The first kappa shape index (κ1) is 10.1. The Balaban J connectivity index is 2.66. The fourth-order valence-corrected chi connectivity index (χ4v) is 2.85. The highest BCUT2D eigenvalue weighted by Gasteiger charge is 2.10. The highest BCUT2D eigenvalue weighted by Crippen LogP contribution is 2.24. The van der Waals surface area contributed by atoms with Gasteiger partial charge in [0.15, 0.2) is 4.96 Å². The minimum absolute atomic E-state index is 0.186. The van der Waals surface area contributed by atoms with Crippen LogP contribution in [0.25, 0.3) is 15.9 Å². The van der Waals surface area contributed by atoms with Crippen LogP contribution in [0.1, 0.15) is 0 Å². The summed E-state index contributed by atoms with van der Waals surface area (Å²) >= 11 is 13.1. The summed E-state index contributed by atoms with van der Waals surface area (Å²) in [5, 5.41) is 0.836. The molecule has 0 unspecified atom stereocenters. The highest BCUT2D eigenvalue weighted by atomic mass is 35.5. The molecule has 0 radical (unpaired) electrons. The van der Waals surface area contributed by atoms with Crippen molar-refractivity contribution < 1.29 is 0 Å². The first-order chi connectivity index (χ1) is 7.66. The molecule has 0 atom stereocenters. The molecule has 0 fully saturated rings. The van der Waals surface area contributed by atoms with Gasteiger partial charge in [-0.1, -0.05) is 40.6 Å². The third-order valence-corrected chi connectivity index (χ3v) is 3.68. The summed E-state index contributed by atoms with van der Waals surface area (Å²) in [6.07, 6.45) is 1.56. The second-order valence-corrected chi connectivity index (χ2v) is 5.29. The van der Waals surface area contributed by atoms with Crippen molar-refractivity contribution in [3.63, 3.8) is 0 Å². The van der Waals surface area contributed by atoms with Gasteiger partial charge >= 0.3 is 0 Å². The Morgan fingerprint density at radius 1 is 1.31 bits per heavy atom. The Morgan fingerprint density at radius 3 is 2.94 bits per heavy atom. The molecule has 0 N–H and O–H groups in total. The quantitative estimate of drug-likeness (QED) is 0.629. The van der Waals surface area contributed by atoms with E-state index in [1.54, 1.807) is 24.4 Å². The van der Waals surface area contributed by atoms with Crippen LogP contribution >= 0.6 is 34.5 Å². The molecule has 0 aliphatic rings. The van der Waals surface area contributed by atoms with Crippen molar-refractivity contribution in [2.45, 2.75) is 0 Å². The van der Waals surface area contributed by atoms with E-state index in [0.717, 1.165) is 0 Å². The number of thiazole rings is 1. The van der Waals surface area contributed by atoms with E-state index in [0.29, 0.717) is 25.2 Å². The molecule has 2 heterocycles. The number of benzene rings is 1. The van der Waals surface area contributed by atoms with Gasteiger partial charge in [0, 0.05) is 6.20 Å². The predicted octanol–water partition coefficient (Wildman–Crippen LogP) is 3.22. The molecule has 3 aromatic rings. The maximum Gasteiger partial charge on any atom is 0.267 e. The standard InChI is InChI=1S/C10H4Cl2N2OS/c11-5-2-1-3-6-8(5)9(15)14-4-7(12)16-10(14)13-6/h1-4H. The van der Waals surface area contributed by atoms with Crippen LogP contribution in [0.5, 0.6) is 0 Å². The van der Waals surface area contributed by atoms with Gasteiger partial charge in [-0.2, -0.15) is 0 Å². The lowest BCUT2D eigenvalue weighted by Gasteiger charge is -1.99. The van der Waals surface area contributed by atoms with Gasteiger partial charge in [-0.3, -0.25) is 9.20 Å². The number of rotatable bonds is 0. The number of hydrogen-bond donors (Lipinski definition) is 0. The lowest BCUT2D eigenvalue weighted by molar-refractivity contribution is 1.11. The zero-order valence-corrected chi connectivity index (χ0v) is 10.1. The number of hydrogen-bond acceptors (Lipinski definition) is 3. The Bertz CT molecular complexity index is 762. The van der Waals surface area contributed by atoms with Gasteiger partial charge in [0.05, 0.1) is 15.9 Å². The Hall–Kier alpha value is -1.10. The molecule has 0 bridgehead atoms. The Morgan fingerprint density at radius 2 is 2.12 bits per heavy atom. The molecular weight excluding hydrogens is 267 g/mol. The second-order valence-electron chi connectivity index (χ2n) is 3.24. The summed E-state index contributed by atoms with van der Waals surface area (Å²) in [6, 6.07) is 5.20. The van der Waals surface area contributed by atoms with Crippen molar-refractivity contribution >= 4 is 50.4 Å². The summed E-state index contributed by atoms with van der Waals surface area (Å²) in [4.78, 5) is 17.0. The first-order valence-electron chi connectivity index (χ1n) is 4.43. The monoisotopic (exact) mass is 270 g/mol. The summed E-state index contributed by atoms with van der Waals surface area (Å²) in [5.41, 5.74) is 0.407. The van der Waals surface area contributed by atoms with Crippen LogP contribution in [0.3, 0.4) is 0 Å². The normalized spacial score (nSPS) is 11.4. The molecule has 0 saturated heterocycles. The maximum absolute atomic E-state index is 12.1. The minimum atomic E-state index is -0.186. The molecule has 0 amide bonds. The third-order valence-electron chi connectivity index (χ3n) is 2.27. The van der Waals surface area contributed by atoms with Crippen LogP contribution in [0.15, 0.2) is 29.2 Å². The van der Waals surface area contributed by atoms with Crippen LogP contribution < -0.4 is 5.56 Å². The van der Waals surface area contributed by atoms with E-state index >= 15 is 0 Å². The average Bonchev–Trinajstić information content (AvgIpc) is 2.59. The van der Waals surface area contributed by atoms with Crippen LogP contribution in [0.4, 0.5) is 0 Å². The molecule has 16 heavy (non-hydrogen) atoms. The topological polar surface area (TPSA) is 34.4 Å². The van der Waals surface area contributed by atoms with Gasteiger partial charge < -0.3 is 0 Å². The van der Waals surface area contributed by atoms with E-state index in [4.69, 9.17) is 23.2 Å². The zero-order valence-electron chi connectivity index (χ0n) is 7.78. The lowest BCUT2D eigenvalue weighted by Crippen LogP contribution is -2.12. The van der Waals surface area contributed by atoms with E-state index in [-0.39, 0.29) is 5.56 Å². The van der Waals surface area contributed by atoms with Gasteiger partial charge in [-0.05, 0) is 12.1 Å². The summed E-state index contributed by atoms with van der Waals surface area (Å²) < 4.78 is 1.94.